The van der Waals surface area contributed by atoms with Crippen LogP contribution < -0.4 is 0 Å². The molecular formula is C18H25NO. The molecule has 2 unspecified atom stereocenters. The Bertz CT molecular complexity index is 462. The molecular weight excluding hydrogens is 246 g/mol. The van der Waals surface area contributed by atoms with Gasteiger partial charge >= 0.3 is 0 Å². The molecule has 2 heteroatoms. The molecule has 2 aliphatic carbocycles. The highest BCUT2D eigenvalue weighted by atomic mass is 16.2. The highest BCUT2D eigenvalue weighted by Crippen LogP contribution is 2.41. The monoisotopic (exact) mass is 271 g/mol. The van der Waals surface area contributed by atoms with E-state index < -0.39 is 0 Å². The third-order valence-electron chi connectivity index (χ3n) is 5.29. The topological polar surface area (TPSA) is 20.3 Å². The molecule has 2 atom stereocenters. The molecule has 3 rings (SSSR count). The zero-order chi connectivity index (χ0) is 14.1. The van der Waals surface area contributed by atoms with Crippen LogP contribution in [-0.2, 0) is 4.79 Å². The zero-order valence-electron chi connectivity index (χ0n) is 12.6. The van der Waals surface area contributed by atoms with E-state index in [1.54, 1.807) is 0 Å². The lowest BCUT2D eigenvalue weighted by atomic mass is 9.81. The molecule has 0 aliphatic heterocycles. The van der Waals surface area contributed by atoms with E-state index >= 15 is 0 Å². The van der Waals surface area contributed by atoms with Crippen LogP contribution in [0.25, 0.3) is 0 Å². The van der Waals surface area contributed by atoms with Gasteiger partial charge in [-0.1, -0.05) is 37.3 Å². The van der Waals surface area contributed by atoms with Crippen LogP contribution in [0.4, 0.5) is 0 Å². The number of benzene rings is 1. The number of carbonyl (C=O) groups excluding carboxylic acids is 1. The first-order valence-electron chi connectivity index (χ1n) is 7.98. The second-order valence-electron chi connectivity index (χ2n) is 6.68. The lowest BCUT2D eigenvalue weighted by Gasteiger charge is -2.35. The van der Waals surface area contributed by atoms with Crippen LogP contribution in [0.2, 0.25) is 0 Å². The number of hydrogen-bond donors (Lipinski definition) is 0. The van der Waals surface area contributed by atoms with E-state index in [1.807, 2.05) is 7.05 Å². The minimum Gasteiger partial charge on any atom is -0.343 e. The average molecular weight is 271 g/mol. The van der Waals surface area contributed by atoms with Gasteiger partial charge < -0.3 is 4.90 Å². The van der Waals surface area contributed by atoms with Crippen LogP contribution in [0.5, 0.6) is 0 Å². The van der Waals surface area contributed by atoms with E-state index in [-0.39, 0.29) is 0 Å². The first-order valence-corrected chi connectivity index (χ1v) is 7.98. The van der Waals surface area contributed by atoms with E-state index in [0.717, 1.165) is 19.3 Å². The standard InChI is InChI=1S/C18H25NO/c1-13-12-17(13)18(20)19(2)16-10-8-15(9-11-16)14-6-4-3-5-7-14/h3-7,13,15-17H,8-12H2,1-2H3. The molecule has 0 N–H and O–H groups in total. The minimum atomic E-state index is 0.326. The fraction of sp³-hybridized carbons (Fsp3) is 0.611. The van der Waals surface area contributed by atoms with Crippen molar-refractivity contribution in [3.05, 3.63) is 35.9 Å². The summed E-state index contributed by atoms with van der Waals surface area (Å²) >= 11 is 0. The van der Waals surface area contributed by atoms with Gasteiger partial charge in [-0.05, 0) is 49.5 Å². The van der Waals surface area contributed by atoms with Crippen molar-refractivity contribution in [3.63, 3.8) is 0 Å². The quantitative estimate of drug-likeness (QED) is 0.818. The Morgan fingerprint density at radius 3 is 2.25 bits per heavy atom. The van der Waals surface area contributed by atoms with E-state index in [1.165, 1.54) is 18.4 Å². The zero-order valence-corrected chi connectivity index (χ0v) is 12.6. The van der Waals surface area contributed by atoms with Crippen LogP contribution in [-0.4, -0.2) is 23.9 Å². The number of nitrogens with zero attached hydrogens (tertiary/aromatic N) is 1. The third kappa shape index (κ3) is 2.74. The Morgan fingerprint density at radius 2 is 1.70 bits per heavy atom. The Balaban J connectivity index is 1.54. The molecule has 0 aromatic heterocycles. The number of hydrogen-bond acceptors (Lipinski definition) is 1. The maximum absolute atomic E-state index is 12.3. The molecule has 2 nitrogen and oxygen atoms in total. The molecule has 20 heavy (non-hydrogen) atoms. The van der Waals surface area contributed by atoms with E-state index in [4.69, 9.17) is 0 Å². The van der Waals surface area contributed by atoms with E-state index in [2.05, 4.69) is 42.2 Å². The summed E-state index contributed by atoms with van der Waals surface area (Å²) in [5.41, 5.74) is 1.47. The molecule has 0 heterocycles. The van der Waals surface area contributed by atoms with Gasteiger partial charge in [0.1, 0.15) is 0 Å². The van der Waals surface area contributed by atoms with E-state index in [9.17, 15) is 4.79 Å². The molecule has 0 spiro atoms. The van der Waals surface area contributed by atoms with Crippen molar-refractivity contribution in [1.82, 2.24) is 4.90 Å². The number of rotatable bonds is 3. The molecule has 1 aromatic carbocycles. The Labute approximate surface area is 122 Å². The average Bonchev–Trinajstić information content (AvgIpc) is 3.24. The van der Waals surface area contributed by atoms with Crippen LogP contribution >= 0.6 is 0 Å². The summed E-state index contributed by atoms with van der Waals surface area (Å²) in [5, 5.41) is 0. The van der Waals surface area contributed by atoms with Crippen molar-refractivity contribution in [1.29, 1.82) is 0 Å². The summed E-state index contributed by atoms with van der Waals surface area (Å²) < 4.78 is 0. The second kappa shape index (κ2) is 5.59. The summed E-state index contributed by atoms with van der Waals surface area (Å²) in [4.78, 5) is 14.3. The van der Waals surface area contributed by atoms with Gasteiger partial charge in [0.15, 0.2) is 0 Å². The van der Waals surface area contributed by atoms with Gasteiger partial charge in [-0.15, -0.1) is 0 Å². The largest absolute Gasteiger partial charge is 0.343 e. The normalized spacial score (nSPS) is 32.7. The Morgan fingerprint density at radius 1 is 1.10 bits per heavy atom. The lowest BCUT2D eigenvalue weighted by molar-refractivity contribution is -0.134. The summed E-state index contributed by atoms with van der Waals surface area (Å²) in [6, 6.07) is 11.3. The van der Waals surface area contributed by atoms with E-state index in [0.29, 0.717) is 29.7 Å². The van der Waals surface area contributed by atoms with Crippen LogP contribution in [0, 0.1) is 11.8 Å². The number of amides is 1. The molecule has 2 saturated carbocycles. The van der Waals surface area contributed by atoms with Crippen molar-refractivity contribution in [2.45, 2.75) is 51.0 Å². The molecule has 1 aromatic rings. The first-order chi connectivity index (χ1) is 9.66. The van der Waals surface area contributed by atoms with Crippen molar-refractivity contribution >= 4 is 5.91 Å². The second-order valence-corrected chi connectivity index (χ2v) is 6.68. The molecule has 0 bridgehead atoms. The summed E-state index contributed by atoms with van der Waals surface area (Å²) in [7, 11) is 2.01. The van der Waals surface area contributed by atoms with Gasteiger partial charge in [0.25, 0.3) is 0 Å². The number of carbonyl (C=O) groups is 1. The first kappa shape index (κ1) is 13.7. The van der Waals surface area contributed by atoms with Crippen molar-refractivity contribution in [2.24, 2.45) is 11.8 Å². The highest BCUT2D eigenvalue weighted by molar-refractivity contribution is 5.81. The van der Waals surface area contributed by atoms with Gasteiger partial charge in [-0.3, -0.25) is 4.79 Å². The van der Waals surface area contributed by atoms with Crippen molar-refractivity contribution in [2.75, 3.05) is 7.05 Å². The maximum Gasteiger partial charge on any atom is 0.225 e. The molecule has 2 fully saturated rings. The molecule has 1 amide bonds. The molecule has 108 valence electrons. The highest BCUT2D eigenvalue weighted by Gasteiger charge is 2.42. The fourth-order valence-corrected chi connectivity index (χ4v) is 3.63. The van der Waals surface area contributed by atoms with Gasteiger partial charge in [-0.25, -0.2) is 0 Å². The summed E-state index contributed by atoms with van der Waals surface area (Å²) in [6.07, 6.45) is 5.84. The van der Waals surface area contributed by atoms with Gasteiger partial charge in [0, 0.05) is 19.0 Å². The van der Waals surface area contributed by atoms with Crippen LogP contribution in [0.15, 0.2) is 30.3 Å². The van der Waals surface area contributed by atoms with Crippen molar-refractivity contribution < 1.29 is 4.79 Å². The smallest absolute Gasteiger partial charge is 0.225 e. The van der Waals surface area contributed by atoms with Crippen LogP contribution in [0.3, 0.4) is 0 Å². The lowest BCUT2D eigenvalue weighted by Crippen LogP contribution is -2.40. The molecule has 0 radical (unpaired) electrons. The third-order valence-corrected chi connectivity index (χ3v) is 5.29. The fourth-order valence-electron chi connectivity index (χ4n) is 3.63. The molecule has 0 saturated heterocycles. The van der Waals surface area contributed by atoms with Gasteiger partial charge in [0.2, 0.25) is 5.91 Å². The minimum absolute atomic E-state index is 0.326. The van der Waals surface area contributed by atoms with Crippen LogP contribution in [0.1, 0.15) is 50.5 Å². The Kier molecular flexibility index (Phi) is 3.82. The maximum atomic E-state index is 12.3. The summed E-state index contributed by atoms with van der Waals surface area (Å²) in [5.74, 6) is 2.02. The predicted octanol–water partition coefficient (Wildman–Crippen LogP) is 3.83. The SMILES string of the molecule is CC1CC1C(=O)N(C)C1CCC(c2ccccc2)CC1. The molecule has 2 aliphatic rings. The van der Waals surface area contributed by atoms with Gasteiger partial charge in [0.05, 0.1) is 0 Å². The summed E-state index contributed by atoms with van der Waals surface area (Å²) in [6.45, 7) is 2.18. The van der Waals surface area contributed by atoms with Crippen molar-refractivity contribution in [3.8, 4) is 0 Å². The Hall–Kier alpha value is -1.31. The predicted molar refractivity (Wildman–Crippen MR) is 81.5 cm³/mol. The van der Waals surface area contributed by atoms with Gasteiger partial charge in [-0.2, -0.15) is 0 Å².